The Hall–Kier alpha value is -4.01. The van der Waals surface area contributed by atoms with Gasteiger partial charge in [0, 0.05) is 25.9 Å². The molecule has 9 nitrogen and oxygen atoms in total. The van der Waals surface area contributed by atoms with Gasteiger partial charge < -0.3 is 0 Å². The van der Waals surface area contributed by atoms with E-state index in [9.17, 15) is 24.0 Å². The number of nitrogens with one attached hydrogen (secondary N) is 2. The zero-order valence-corrected chi connectivity index (χ0v) is 22.2. The number of aromatic amines is 2. The molecule has 39 heavy (non-hydrogen) atoms. The maximum absolute atomic E-state index is 12.2. The molecule has 2 aromatic heterocycles. The van der Waals surface area contributed by atoms with Crippen LogP contribution in [-0.2, 0) is 17.9 Å². The monoisotopic (exact) mass is 532 g/mol. The highest BCUT2D eigenvalue weighted by Crippen LogP contribution is 2.13. The number of rotatable bonds is 15. The van der Waals surface area contributed by atoms with Gasteiger partial charge >= 0.3 is 11.4 Å². The third-order valence-electron chi connectivity index (χ3n) is 7.23. The number of benzene rings is 2. The Morgan fingerprint density at radius 2 is 0.923 bits per heavy atom. The molecule has 0 aliphatic rings. The van der Waals surface area contributed by atoms with Gasteiger partial charge in [0.25, 0.3) is 11.1 Å². The molecule has 0 unspecified atom stereocenters. The summed E-state index contributed by atoms with van der Waals surface area (Å²) in [5.74, 6) is 0.295. The molecule has 0 fully saturated rings. The van der Waals surface area contributed by atoms with Gasteiger partial charge in [0.2, 0.25) is 0 Å². The number of fused-ring (bicyclic) bond motifs is 2. The fourth-order valence-corrected chi connectivity index (χ4v) is 5.12. The molecule has 0 aliphatic carbocycles. The van der Waals surface area contributed by atoms with Gasteiger partial charge in [-0.15, -0.1) is 0 Å². The van der Waals surface area contributed by atoms with Crippen molar-refractivity contribution in [1.29, 1.82) is 0 Å². The summed E-state index contributed by atoms with van der Waals surface area (Å²) >= 11 is 0. The van der Waals surface area contributed by atoms with E-state index in [4.69, 9.17) is 0 Å². The predicted octanol–water partition coefficient (Wildman–Crippen LogP) is 4.25. The summed E-state index contributed by atoms with van der Waals surface area (Å²) in [7, 11) is 0. The van der Waals surface area contributed by atoms with Crippen LogP contribution in [-0.4, -0.2) is 24.9 Å². The van der Waals surface area contributed by atoms with Crippen molar-refractivity contribution in [3.63, 3.8) is 0 Å². The van der Waals surface area contributed by atoms with Crippen molar-refractivity contribution in [2.24, 2.45) is 0 Å². The van der Waals surface area contributed by atoms with Crippen LogP contribution in [0.5, 0.6) is 0 Å². The van der Waals surface area contributed by atoms with Gasteiger partial charge in [-0.25, -0.2) is 9.59 Å². The van der Waals surface area contributed by atoms with Crippen molar-refractivity contribution in [2.75, 3.05) is 0 Å². The van der Waals surface area contributed by atoms with Gasteiger partial charge in [0.05, 0.1) is 21.8 Å². The average Bonchev–Trinajstić information content (AvgIpc) is 2.93. The lowest BCUT2D eigenvalue weighted by molar-refractivity contribution is -0.119. The second-order valence-electron chi connectivity index (χ2n) is 10.1. The zero-order valence-electron chi connectivity index (χ0n) is 22.2. The Balaban J connectivity index is 1.07. The zero-order chi connectivity index (χ0) is 27.6. The molecule has 0 saturated carbocycles. The van der Waals surface area contributed by atoms with Crippen LogP contribution in [0, 0.1) is 0 Å². The van der Waals surface area contributed by atoms with E-state index in [0.717, 1.165) is 57.8 Å². The molecule has 9 heteroatoms. The van der Waals surface area contributed by atoms with Crippen LogP contribution in [0.1, 0.15) is 70.6 Å². The number of hydrogen-bond acceptors (Lipinski definition) is 5. The average molecular weight is 533 g/mol. The molecule has 0 atom stereocenters. The highest BCUT2D eigenvalue weighted by atomic mass is 16.2. The third-order valence-corrected chi connectivity index (χ3v) is 7.23. The van der Waals surface area contributed by atoms with Crippen molar-refractivity contribution < 1.29 is 4.79 Å². The fraction of sp³-hybridized carbons (Fsp3) is 0.433. The SMILES string of the molecule is O=C(CCCCCCCn1c(=O)[nH]c(=O)c2ccccc21)CCCCCCn1c(=O)[nH]c(=O)c2ccccc21. The van der Waals surface area contributed by atoms with Gasteiger partial charge in [0.1, 0.15) is 5.78 Å². The minimum absolute atomic E-state index is 0.295. The van der Waals surface area contributed by atoms with Crippen molar-refractivity contribution >= 4 is 27.6 Å². The van der Waals surface area contributed by atoms with Crippen LogP contribution < -0.4 is 22.5 Å². The number of para-hydroxylation sites is 2. The fourth-order valence-electron chi connectivity index (χ4n) is 5.12. The first-order chi connectivity index (χ1) is 19.0. The lowest BCUT2D eigenvalue weighted by atomic mass is 10.0. The Labute approximate surface area is 225 Å². The number of hydrogen-bond donors (Lipinski definition) is 2. The van der Waals surface area contributed by atoms with E-state index in [1.807, 2.05) is 12.1 Å². The van der Waals surface area contributed by atoms with Crippen molar-refractivity contribution in [3.05, 3.63) is 90.2 Å². The molecule has 0 saturated heterocycles. The molecular formula is C30H36N4O5. The van der Waals surface area contributed by atoms with Crippen molar-refractivity contribution in [1.82, 2.24) is 19.1 Å². The maximum Gasteiger partial charge on any atom is 0.328 e. The van der Waals surface area contributed by atoms with Gasteiger partial charge in [-0.3, -0.25) is 33.5 Å². The number of carbonyl (C=O) groups is 1. The van der Waals surface area contributed by atoms with E-state index in [1.54, 1.807) is 45.5 Å². The topological polar surface area (TPSA) is 127 Å². The summed E-state index contributed by atoms with van der Waals surface area (Å²) in [6.07, 6.45) is 9.35. The van der Waals surface area contributed by atoms with E-state index >= 15 is 0 Å². The highest BCUT2D eigenvalue weighted by molar-refractivity contribution is 5.79. The van der Waals surface area contributed by atoms with E-state index in [2.05, 4.69) is 9.97 Å². The van der Waals surface area contributed by atoms with E-state index < -0.39 is 0 Å². The molecule has 2 N–H and O–H groups in total. The summed E-state index contributed by atoms with van der Waals surface area (Å²) in [6.45, 7) is 1.10. The molecule has 4 rings (SSSR count). The number of ketones is 1. The van der Waals surface area contributed by atoms with Crippen LogP contribution in [0.25, 0.3) is 21.8 Å². The standard InChI is InChI=1S/C30H36N4O5/c35-22(15-7-3-5-13-21-34-26-19-11-9-17-24(26)28(37)32-30(34)39)14-6-2-1-4-12-20-33-25-18-10-8-16-23(25)27(36)31-29(33)38/h8-11,16-19H,1-7,12-15,20-21H2,(H,31,36,38)(H,32,37,39). The predicted molar refractivity (Wildman–Crippen MR) is 153 cm³/mol. The summed E-state index contributed by atoms with van der Waals surface area (Å²) in [5, 5.41) is 1.04. The Morgan fingerprint density at radius 1 is 0.538 bits per heavy atom. The van der Waals surface area contributed by atoms with Gasteiger partial charge in [0.15, 0.2) is 0 Å². The van der Waals surface area contributed by atoms with Gasteiger partial charge in [-0.05, 0) is 49.9 Å². The quantitative estimate of drug-likeness (QED) is 0.221. The van der Waals surface area contributed by atoms with Crippen LogP contribution in [0.3, 0.4) is 0 Å². The molecule has 2 heterocycles. The minimum Gasteiger partial charge on any atom is -0.300 e. The molecule has 0 bridgehead atoms. The smallest absolute Gasteiger partial charge is 0.300 e. The molecule has 206 valence electrons. The van der Waals surface area contributed by atoms with Crippen molar-refractivity contribution in [2.45, 2.75) is 83.7 Å². The van der Waals surface area contributed by atoms with Gasteiger partial charge in [-0.1, -0.05) is 56.4 Å². The first-order valence-corrected chi connectivity index (χ1v) is 13.9. The second-order valence-corrected chi connectivity index (χ2v) is 10.1. The second kappa shape index (κ2) is 13.7. The highest BCUT2D eigenvalue weighted by Gasteiger charge is 2.08. The molecule has 0 radical (unpaired) electrons. The Bertz CT molecular complexity index is 1660. The Kier molecular flexibility index (Phi) is 9.83. The van der Waals surface area contributed by atoms with Gasteiger partial charge in [-0.2, -0.15) is 0 Å². The number of nitrogens with zero attached hydrogens (tertiary/aromatic N) is 2. The molecular weight excluding hydrogens is 496 g/mol. The number of carbonyl (C=O) groups excluding carboxylic acids is 1. The van der Waals surface area contributed by atoms with Crippen LogP contribution in [0.15, 0.2) is 67.7 Å². The largest absolute Gasteiger partial charge is 0.328 e. The first-order valence-electron chi connectivity index (χ1n) is 13.9. The normalized spacial score (nSPS) is 11.4. The van der Waals surface area contributed by atoms with Crippen molar-refractivity contribution in [3.8, 4) is 0 Å². The number of Topliss-reactive ketones (excluding diaryl/α,β-unsaturated/α-hetero) is 1. The van der Waals surface area contributed by atoms with Crippen LogP contribution >= 0.6 is 0 Å². The van der Waals surface area contributed by atoms with E-state index in [-0.39, 0.29) is 22.5 Å². The lowest BCUT2D eigenvalue weighted by Gasteiger charge is -2.09. The maximum atomic E-state index is 12.2. The summed E-state index contributed by atoms with van der Waals surface area (Å²) in [6, 6.07) is 14.2. The Morgan fingerprint density at radius 3 is 1.38 bits per heavy atom. The summed E-state index contributed by atoms with van der Waals surface area (Å²) < 4.78 is 3.24. The molecule has 4 aromatic rings. The molecule has 0 aliphatic heterocycles. The number of unbranched alkanes of at least 4 members (excludes halogenated alkanes) is 7. The van der Waals surface area contributed by atoms with E-state index in [0.29, 0.717) is 53.5 Å². The lowest BCUT2D eigenvalue weighted by Crippen LogP contribution is -2.30. The number of aryl methyl sites for hydroxylation is 2. The molecule has 0 spiro atoms. The number of H-pyrrole nitrogens is 2. The number of aromatic nitrogens is 4. The van der Waals surface area contributed by atoms with Crippen LogP contribution in [0.2, 0.25) is 0 Å². The third kappa shape index (κ3) is 7.31. The van der Waals surface area contributed by atoms with Crippen LogP contribution in [0.4, 0.5) is 0 Å². The summed E-state index contributed by atoms with van der Waals surface area (Å²) in [4.78, 5) is 65.4. The molecule has 0 amide bonds. The summed E-state index contributed by atoms with van der Waals surface area (Å²) in [5.41, 5.74) is -0.152. The molecule has 2 aromatic carbocycles. The van der Waals surface area contributed by atoms with E-state index in [1.165, 1.54) is 0 Å². The first kappa shape index (κ1) is 28.0. The minimum atomic E-state index is -0.382.